The molecule has 144 valence electrons. The molecule has 0 radical (unpaired) electrons. The Kier molecular flexibility index (Phi) is 9.72. The minimum atomic E-state index is -2.29. The van der Waals surface area contributed by atoms with Crippen molar-refractivity contribution in [2.24, 2.45) is 0 Å². The molecule has 2 aromatic rings. The van der Waals surface area contributed by atoms with Gasteiger partial charge < -0.3 is 0 Å². The van der Waals surface area contributed by atoms with E-state index in [0.717, 1.165) is 5.56 Å². The zero-order valence-electron chi connectivity index (χ0n) is 16.9. The fraction of sp³-hybridized carbons (Fsp3) is 0.565. The molecule has 0 atom stereocenters. The number of unbranched alkanes of at least 4 members (excludes halogenated alkanes) is 3. The second-order valence-electron chi connectivity index (χ2n) is 7.61. The van der Waals surface area contributed by atoms with Crippen molar-refractivity contribution in [3.8, 4) is 10.4 Å². The van der Waals surface area contributed by atoms with Crippen LogP contribution >= 0.6 is 11.3 Å². The van der Waals surface area contributed by atoms with Crippen LogP contribution in [0.25, 0.3) is 10.4 Å². The van der Waals surface area contributed by atoms with Crippen molar-refractivity contribution < 1.29 is 5.11 Å². The Balaban J connectivity index is 2.31. The molecule has 1 heterocycles. The van der Waals surface area contributed by atoms with E-state index in [2.05, 4.69) is 68.5 Å². The first-order chi connectivity index (χ1) is 12.7. The van der Waals surface area contributed by atoms with Crippen molar-refractivity contribution in [2.45, 2.75) is 79.2 Å². The van der Waals surface area contributed by atoms with E-state index in [-0.39, 0.29) is 6.61 Å². The van der Waals surface area contributed by atoms with Gasteiger partial charge in [0.1, 0.15) is 0 Å². The fourth-order valence-electron chi connectivity index (χ4n) is 3.84. The van der Waals surface area contributed by atoms with Gasteiger partial charge in [-0.25, -0.2) is 0 Å². The molecule has 1 aromatic heterocycles. The number of benzene rings is 1. The van der Waals surface area contributed by atoms with Crippen LogP contribution < -0.4 is 2.89 Å². The molecule has 1 aromatic carbocycles. The molecule has 0 aliphatic carbocycles. The summed E-state index contributed by atoms with van der Waals surface area (Å²) >= 11 is -0.197. The summed E-state index contributed by atoms with van der Waals surface area (Å²) in [6.45, 7) is 7.16. The number of rotatable bonds is 12. The predicted octanol–water partition coefficient (Wildman–Crippen LogP) is 6.96. The summed E-state index contributed by atoms with van der Waals surface area (Å²) in [5, 5.41) is 9.27. The first kappa shape index (κ1) is 22.0. The van der Waals surface area contributed by atoms with Gasteiger partial charge in [-0.15, -0.1) is 0 Å². The maximum absolute atomic E-state index is 9.27. The van der Waals surface area contributed by atoms with Gasteiger partial charge >= 0.3 is 169 Å². The molecular weight excluding hydrogens is 443 g/mol. The third kappa shape index (κ3) is 5.84. The molecule has 2 rings (SSSR count). The summed E-state index contributed by atoms with van der Waals surface area (Å²) in [5.41, 5.74) is 2.30. The monoisotopic (exact) mass is 480 g/mol. The standard InChI is InChI=1S/C11H9OS.3C4H9.Sn/c12-8-9-3-5-10(6-4-9)11-2-1-7-13-11;3*1-3-4-2;/h1-6,12H,8H2;3*1,3-4H2,2H3;. The molecule has 1 nitrogen and oxygen atoms in total. The van der Waals surface area contributed by atoms with Crippen molar-refractivity contribution >= 4 is 32.6 Å². The van der Waals surface area contributed by atoms with Crippen molar-refractivity contribution in [3.05, 3.63) is 42.0 Å². The molecule has 0 saturated carbocycles. The van der Waals surface area contributed by atoms with E-state index in [9.17, 15) is 5.11 Å². The van der Waals surface area contributed by atoms with Crippen LogP contribution in [0.2, 0.25) is 13.3 Å². The molecule has 0 aliphatic heterocycles. The van der Waals surface area contributed by atoms with Crippen LogP contribution in [0.1, 0.15) is 64.9 Å². The van der Waals surface area contributed by atoms with E-state index in [1.807, 2.05) is 0 Å². The Morgan fingerprint density at radius 3 is 1.77 bits per heavy atom. The summed E-state index contributed by atoms with van der Waals surface area (Å²) in [6, 6.07) is 13.3. The van der Waals surface area contributed by atoms with Gasteiger partial charge in [-0.3, -0.25) is 0 Å². The number of thiophene rings is 1. The third-order valence-electron chi connectivity index (χ3n) is 5.58. The van der Waals surface area contributed by atoms with Gasteiger partial charge in [-0.1, -0.05) is 0 Å². The Morgan fingerprint density at radius 1 is 0.769 bits per heavy atom. The minimum absolute atomic E-state index is 0.126. The first-order valence-corrected chi connectivity index (χ1v) is 18.8. The topological polar surface area (TPSA) is 20.2 Å². The number of hydrogen-bond acceptors (Lipinski definition) is 2. The Labute approximate surface area is 168 Å². The maximum atomic E-state index is 9.27. The SMILES string of the molecule is CCC[CH2][Sn]([CH2]CCC)([CH2]CCC)[c]1ccc(-c2ccc(CO)cc2)s1. The zero-order valence-corrected chi connectivity index (χ0v) is 20.6. The van der Waals surface area contributed by atoms with Crippen molar-refractivity contribution in [3.63, 3.8) is 0 Å². The molecule has 0 fully saturated rings. The Morgan fingerprint density at radius 2 is 1.31 bits per heavy atom. The molecule has 3 heteroatoms. The van der Waals surface area contributed by atoms with E-state index in [4.69, 9.17) is 0 Å². The summed E-state index contributed by atoms with van der Waals surface area (Å²) in [5.74, 6) is 0. The van der Waals surface area contributed by atoms with Crippen LogP contribution in [-0.2, 0) is 6.61 Å². The second kappa shape index (κ2) is 11.5. The fourth-order valence-corrected chi connectivity index (χ4v) is 24.0. The van der Waals surface area contributed by atoms with Crippen LogP contribution in [0.5, 0.6) is 0 Å². The van der Waals surface area contributed by atoms with Crippen molar-refractivity contribution in [1.82, 2.24) is 0 Å². The predicted molar refractivity (Wildman–Crippen MR) is 120 cm³/mol. The van der Waals surface area contributed by atoms with Gasteiger partial charge in [0, 0.05) is 0 Å². The molecule has 26 heavy (non-hydrogen) atoms. The van der Waals surface area contributed by atoms with E-state index < -0.39 is 18.4 Å². The van der Waals surface area contributed by atoms with Gasteiger partial charge in [-0.2, -0.15) is 0 Å². The van der Waals surface area contributed by atoms with Crippen molar-refractivity contribution in [1.29, 1.82) is 0 Å². The average molecular weight is 479 g/mol. The quantitative estimate of drug-likeness (QED) is 0.326. The molecule has 0 aliphatic rings. The molecule has 0 bridgehead atoms. The number of aliphatic hydroxyl groups is 1. The van der Waals surface area contributed by atoms with E-state index in [0.29, 0.717) is 0 Å². The van der Waals surface area contributed by atoms with E-state index in [1.54, 1.807) is 2.89 Å². The normalized spacial score (nSPS) is 11.8. The molecule has 0 saturated heterocycles. The van der Waals surface area contributed by atoms with Gasteiger partial charge in [0.2, 0.25) is 0 Å². The second-order valence-corrected chi connectivity index (χ2v) is 22.9. The third-order valence-corrected chi connectivity index (χ3v) is 25.0. The summed E-state index contributed by atoms with van der Waals surface area (Å²) < 4.78 is 6.41. The Bertz CT molecular complexity index is 610. The van der Waals surface area contributed by atoms with Crippen LogP contribution in [0.3, 0.4) is 0 Å². The summed E-state index contributed by atoms with van der Waals surface area (Å²) in [7, 11) is 0. The van der Waals surface area contributed by atoms with Gasteiger partial charge in [0.25, 0.3) is 0 Å². The van der Waals surface area contributed by atoms with Crippen molar-refractivity contribution in [2.75, 3.05) is 0 Å². The van der Waals surface area contributed by atoms with Gasteiger partial charge in [0.05, 0.1) is 0 Å². The molecular formula is C23H36OSSn. The first-order valence-electron chi connectivity index (χ1n) is 10.5. The van der Waals surface area contributed by atoms with E-state index in [1.165, 1.54) is 62.3 Å². The van der Waals surface area contributed by atoms with E-state index >= 15 is 0 Å². The molecule has 0 spiro atoms. The van der Waals surface area contributed by atoms with Crippen LogP contribution in [0, 0.1) is 0 Å². The zero-order chi connectivity index (χ0) is 18.8. The van der Waals surface area contributed by atoms with Gasteiger partial charge in [-0.05, 0) is 0 Å². The van der Waals surface area contributed by atoms with Crippen LogP contribution in [0.4, 0.5) is 0 Å². The van der Waals surface area contributed by atoms with Crippen LogP contribution in [0.15, 0.2) is 36.4 Å². The molecule has 0 unspecified atom stereocenters. The molecule has 0 amide bonds. The average Bonchev–Trinajstić information content (AvgIpc) is 3.18. The molecule has 1 N–H and O–H groups in total. The number of aliphatic hydroxyl groups excluding tert-OH is 1. The number of hydrogen-bond donors (Lipinski definition) is 1. The van der Waals surface area contributed by atoms with Crippen LogP contribution in [-0.4, -0.2) is 23.5 Å². The summed E-state index contributed by atoms with van der Waals surface area (Å²) in [6.07, 6.45) is 8.25. The summed E-state index contributed by atoms with van der Waals surface area (Å²) in [4.78, 5) is 1.41. The van der Waals surface area contributed by atoms with Gasteiger partial charge in [0.15, 0.2) is 0 Å². The Hall–Kier alpha value is -0.321.